The summed E-state index contributed by atoms with van der Waals surface area (Å²) in [5.41, 5.74) is 1.43. The molecule has 0 bridgehead atoms. The van der Waals surface area contributed by atoms with Gasteiger partial charge >= 0.3 is 0 Å². The molecular weight excluding hydrogens is 312 g/mol. The molecule has 3 amide bonds. The predicted molar refractivity (Wildman–Crippen MR) is 82.6 cm³/mol. The number of carbonyl (C=O) groups excluding carboxylic acids is 3. The fourth-order valence-electron chi connectivity index (χ4n) is 2.21. The zero-order valence-electron chi connectivity index (χ0n) is 12.8. The summed E-state index contributed by atoms with van der Waals surface area (Å²) >= 11 is 0. The molecule has 0 aromatic carbocycles. The van der Waals surface area contributed by atoms with Gasteiger partial charge in [-0.2, -0.15) is 0 Å². The molecule has 8 nitrogen and oxygen atoms in total. The number of rotatable bonds is 7. The summed E-state index contributed by atoms with van der Waals surface area (Å²) < 4.78 is 0. The average molecular weight is 337 g/mol. The number of halogens is 1. The molecule has 0 aliphatic carbocycles. The number of amides is 3. The molecule has 0 radical (unpaired) electrons. The van der Waals surface area contributed by atoms with Crippen LogP contribution in [0.3, 0.4) is 0 Å². The minimum Gasteiger partial charge on any atom is -0.345 e. The molecule has 128 valence electrons. The molecule has 1 heterocycles. The van der Waals surface area contributed by atoms with E-state index < -0.39 is 17.9 Å². The molecule has 9 heteroatoms. The molecule has 1 fully saturated rings. The van der Waals surface area contributed by atoms with Crippen LogP contribution in [-0.4, -0.2) is 48.1 Å². The Balaban J connectivity index is 0.00000441. The van der Waals surface area contributed by atoms with E-state index in [0.29, 0.717) is 6.42 Å². The van der Waals surface area contributed by atoms with E-state index in [-0.39, 0.29) is 36.8 Å². The van der Waals surface area contributed by atoms with Gasteiger partial charge in [0.1, 0.15) is 6.04 Å². The average Bonchev–Trinajstić information content (AvgIpc) is 2.97. The minimum absolute atomic E-state index is 0. The third-order valence-electron chi connectivity index (χ3n) is 3.26. The van der Waals surface area contributed by atoms with E-state index in [1.165, 1.54) is 5.48 Å². The van der Waals surface area contributed by atoms with E-state index in [1.807, 2.05) is 13.8 Å². The Hall–Kier alpha value is -1.38. The summed E-state index contributed by atoms with van der Waals surface area (Å²) in [6.45, 7) is 4.36. The third kappa shape index (κ3) is 7.06. The van der Waals surface area contributed by atoms with Crippen LogP contribution in [0, 0.1) is 5.92 Å². The molecule has 5 N–H and O–H groups in total. The highest BCUT2D eigenvalue weighted by Crippen LogP contribution is 2.08. The van der Waals surface area contributed by atoms with E-state index in [1.54, 1.807) is 0 Å². The van der Waals surface area contributed by atoms with Crippen molar-refractivity contribution in [2.24, 2.45) is 5.92 Å². The van der Waals surface area contributed by atoms with Gasteiger partial charge in [0.05, 0.1) is 12.6 Å². The summed E-state index contributed by atoms with van der Waals surface area (Å²) in [6, 6.07) is -0.945. The maximum absolute atomic E-state index is 12.1. The lowest BCUT2D eigenvalue weighted by Gasteiger charge is -2.21. The van der Waals surface area contributed by atoms with E-state index in [2.05, 4.69) is 16.0 Å². The number of hydrogen-bond acceptors (Lipinski definition) is 5. The van der Waals surface area contributed by atoms with Crippen LogP contribution in [0.2, 0.25) is 0 Å². The first-order valence-electron chi connectivity index (χ1n) is 7.18. The Morgan fingerprint density at radius 3 is 2.50 bits per heavy atom. The first kappa shape index (κ1) is 20.6. The van der Waals surface area contributed by atoms with Crippen LogP contribution in [0.15, 0.2) is 0 Å². The SMILES string of the molecule is CC(C)C[C@H](NC(=O)[C@@H]1CCCN1)C(=O)NCC(=O)NO.Cl. The van der Waals surface area contributed by atoms with Crippen molar-refractivity contribution in [2.45, 2.75) is 45.2 Å². The van der Waals surface area contributed by atoms with Crippen molar-refractivity contribution in [3.63, 3.8) is 0 Å². The smallest absolute Gasteiger partial charge is 0.262 e. The Bertz CT molecular complexity index is 386. The van der Waals surface area contributed by atoms with Crippen molar-refractivity contribution >= 4 is 30.1 Å². The largest absolute Gasteiger partial charge is 0.345 e. The van der Waals surface area contributed by atoms with Crippen LogP contribution in [-0.2, 0) is 14.4 Å². The van der Waals surface area contributed by atoms with Gasteiger partial charge in [0.2, 0.25) is 11.8 Å². The van der Waals surface area contributed by atoms with Crippen LogP contribution < -0.4 is 21.4 Å². The van der Waals surface area contributed by atoms with Gasteiger partial charge in [0.25, 0.3) is 5.91 Å². The van der Waals surface area contributed by atoms with Crippen LogP contribution in [0.4, 0.5) is 0 Å². The topological polar surface area (TPSA) is 120 Å². The molecule has 2 atom stereocenters. The van der Waals surface area contributed by atoms with Gasteiger partial charge in [-0.1, -0.05) is 13.8 Å². The fourth-order valence-corrected chi connectivity index (χ4v) is 2.21. The molecule has 1 rings (SSSR count). The third-order valence-corrected chi connectivity index (χ3v) is 3.26. The van der Waals surface area contributed by atoms with Crippen molar-refractivity contribution in [1.29, 1.82) is 0 Å². The van der Waals surface area contributed by atoms with Gasteiger partial charge in [-0.25, -0.2) is 5.48 Å². The lowest BCUT2D eigenvalue weighted by atomic mass is 10.0. The van der Waals surface area contributed by atoms with E-state index in [0.717, 1.165) is 19.4 Å². The van der Waals surface area contributed by atoms with Crippen molar-refractivity contribution < 1.29 is 19.6 Å². The van der Waals surface area contributed by atoms with Crippen molar-refractivity contribution in [3.8, 4) is 0 Å². The zero-order chi connectivity index (χ0) is 15.8. The summed E-state index contributed by atoms with van der Waals surface area (Å²) in [5.74, 6) is -1.13. The normalized spacial score (nSPS) is 18.3. The maximum atomic E-state index is 12.1. The van der Waals surface area contributed by atoms with Crippen LogP contribution >= 0.6 is 12.4 Å². The number of hydrogen-bond donors (Lipinski definition) is 5. The second-order valence-electron chi connectivity index (χ2n) is 5.59. The molecule has 1 aliphatic heterocycles. The first-order chi connectivity index (χ1) is 9.93. The molecule has 22 heavy (non-hydrogen) atoms. The van der Waals surface area contributed by atoms with Gasteiger partial charge in [0, 0.05) is 0 Å². The minimum atomic E-state index is -0.713. The van der Waals surface area contributed by atoms with Gasteiger partial charge in [0.15, 0.2) is 0 Å². The molecule has 1 saturated heterocycles. The highest BCUT2D eigenvalue weighted by Gasteiger charge is 2.27. The molecule has 0 aromatic heterocycles. The Morgan fingerprint density at radius 2 is 2.00 bits per heavy atom. The molecule has 1 aliphatic rings. The standard InChI is InChI=1S/C13H24N4O4.ClH/c1-8(2)6-10(12(19)15-7-11(18)17-21)16-13(20)9-4-3-5-14-9;/h8-10,14,21H,3-7H2,1-2H3,(H,15,19)(H,16,20)(H,17,18);1H/t9-,10-;/m0./s1. The fraction of sp³-hybridized carbons (Fsp3) is 0.769. The molecule has 0 spiro atoms. The van der Waals surface area contributed by atoms with Gasteiger partial charge in [-0.15, -0.1) is 12.4 Å². The number of nitrogens with one attached hydrogen (secondary N) is 4. The molecule has 0 saturated carbocycles. The number of hydroxylamine groups is 1. The predicted octanol–water partition coefficient (Wildman–Crippen LogP) is -0.687. The lowest BCUT2D eigenvalue weighted by Crippen LogP contribution is -2.52. The molecular formula is C13H25ClN4O4. The second-order valence-corrected chi connectivity index (χ2v) is 5.59. The maximum Gasteiger partial charge on any atom is 0.262 e. The van der Waals surface area contributed by atoms with E-state index in [4.69, 9.17) is 5.21 Å². The monoisotopic (exact) mass is 336 g/mol. The van der Waals surface area contributed by atoms with Gasteiger partial charge in [-0.05, 0) is 31.7 Å². The lowest BCUT2D eigenvalue weighted by molar-refractivity contribution is -0.133. The van der Waals surface area contributed by atoms with Crippen LogP contribution in [0.25, 0.3) is 0 Å². The molecule has 0 aromatic rings. The Kier molecular flexibility index (Phi) is 9.71. The Morgan fingerprint density at radius 1 is 1.32 bits per heavy atom. The Labute approximate surface area is 136 Å². The molecule has 0 unspecified atom stereocenters. The number of carbonyl (C=O) groups is 3. The summed E-state index contributed by atoms with van der Waals surface area (Å²) in [5, 5.41) is 16.6. The highest BCUT2D eigenvalue weighted by molar-refractivity contribution is 5.91. The van der Waals surface area contributed by atoms with Gasteiger partial charge < -0.3 is 16.0 Å². The van der Waals surface area contributed by atoms with Crippen LogP contribution in [0.1, 0.15) is 33.1 Å². The van der Waals surface area contributed by atoms with Crippen molar-refractivity contribution in [2.75, 3.05) is 13.1 Å². The second kappa shape index (κ2) is 10.4. The zero-order valence-corrected chi connectivity index (χ0v) is 13.7. The van der Waals surface area contributed by atoms with Crippen molar-refractivity contribution in [1.82, 2.24) is 21.4 Å². The first-order valence-corrected chi connectivity index (χ1v) is 7.18. The summed E-state index contributed by atoms with van der Waals surface area (Å²) in [6.07, 6.45) is 2.18. The highest BCUT2D eigenvalue weighted by atomic mass is 35.5. The summed E-state index contributed by atoms with van der Waals surface area (Å²) in [4.78, 5) is 35.0. The van der Waals surface area contributed by atoms with E-state index in [9.17, 15) is 14.4 Å². The quantitative estimate of drug-likeness (QED) is 0.311. The van der Waals surface area contributed by atoms with Gasteiger partial charge in [-0.3, -0.25) is 19.6 Å². The van der Waals surface area contributed by atoms with Crippen LogP contribution in [0.5, 0.6) is 0 Å². The van der Waals surface area contributed by atoms with E-state index >= 15 is 0 Å². The van der Waals surface area contributed by atoms with Crippen molar-refractivity contribution in [3.05, 3.63) is 0 Å². The summed E-state index contributed by atoms with van der Waals surface area (Å²) in [7, 11) is 0.